The van der Waals surface area contributed by atoms with E-state index in [-0.39, 0.29) is 5.75 Å². The van der Waals surface area contributed by atoms with Crippen molar-refractivity contribution in [3.05, 3.63) is 75.3 Å². The van der Waals surface area contributed by atoms with Gasteiger partial charge >= 0.3 is 5.97 Å². The molecule has 0 radical (unpaired) electrons. The molecule has 0 amide bonds. The van der Waals surface area contributed by atoms with Crippen LogP contribution < -0.4 is 0 Å². The Kier molecular flexibility index (Phi) is 7.16. The topological polar surface area (TPSA) is 57.5 Å². The Morgan fingerprint density at radius 1 is 1.00 bits per heavy atom. The van der Waals surface area contributed by atoms with Gasteiger partial charge in [-0.25, -0.2) is 4.79 Å². The Labute approximate surface area is 177 Å². The molecule has 0 bridgehead atoms. The average molecular weight is 411 g/mol. The fraction of sp³-hybridized carbons (Fsp3) is 0.320. The molecule has 1 saturated carbocycles. The molecule has 0 aliphatic heterocycles. The van der Waals surface area contributed by atoms with Crippen LogP contribution in [0, 0.1) is 0 Å². The van der Waals surface area contributed by atoms with E-state index in [1.165, 1.54) is 36.8 Å². The highest BCUT2D eigenvalue weighted by molar-refractivity contribution is 6.32. The first-order valence-corrected chi connectivity index (χ1v) is 10.6. The second-order valence-electron chi connectivity index (χ2n) is 7.51. The summed E-state index contributed by atoms with van der Waals surface area (Å²) in [5.41, 5.74) is 5.97. The van der Waals surface area contributed by atoms with Crippen LogP contribution >= 0.6 is 11.6 Å². The van der Waals surface area contributed by atoms with Gasteiger partial charge in [-0.05, 0) is 72.6 Å². The number of carbonyl (C=O) groups is 1. The summed E-state index contributed by atoms with van der Waals surface area (Å²) in [6.45, 7) is 1.84. The van der Waals surface area contributed by atoms with Crippen molar-refractivity contribution in [1.82, 2.24) is 0 Å². The largest absolute Gasteiger partial charge is 0.506 e. The molecule has 1 fully saturated rings. The number of benzene rings is 2. The first-order valence-electron chi connectivity index (χ1n) is 10.2. The Balaban J connectivity index is 2.06. The molecule has 152 valence electrons. The molecule has 3 rings (SSSR count). The maximum Gasteiger partial charge on any atom is 0.331 e. The molecular formula is C25H27ClO3. The third-order valence-corrected chi connectivity index (χ3v) is 5.80. The van der Waals surface area contributed by atoms with Crippen molar-refractivity contribution in [2.75, 3.05) is 0 Å². The van der Waals surface area contributed by atoms with E-state index < -0.39 is 5.97 Å². The Morgan fingerprint density at radius 2 is 1.62 bits per heavy atom. The minimum absolute atomic E-state index is 0.0851. The van der Waals surface area contributed by atoms with Gasteiger partial charge in [0.25, 0.3) is 0 Å². The van der Waals surface area contributed by atoms with Crippen molar-refractivity contribution in [2.45, 2.75) is 51.9 Å². The summed E-state index contributed by atoms with van der Waals surface area (Å²) in [6.07, 6.45) is 9.22. The van der Waals surface area contributed by atoms with Crippen molar-refractivity contribution >= 4 is 29.2 Å². The van der Waals surface area contributed by atoms with E-state index in [9.17, 15) is 15.0 Å². The molecule has 0 heterocycles. The fourth-order valence-electron chi connectivity index (χ4n) is 3.90. The molecule has 1 aliphatic carbocycles. The van der Waals surface area contributed by atoms with Crippen molar-refractivity contribution in [1.29, 1.82) is 0 Å². The highest BCUT2D eigenvalue weighted by Crippen LogP contribution is 2.37. The van der Waals surface area contributed by atoms with Gasteiger partial charge in [-0.15, -0.1) is 0 Å². The van der Waals surface area contributed by atoms with E-state index in [4.69, 9.17) is 11.6 Å². The van der Waals surface area contributed by atoms with E-state index in [2.05, 4.69) is 12.1 Å². The number of halogens is 1. The van der Waals surface area contributed by atoms with Crippen LogP contribution in [0.2, 0.25) is 5.02 Å². The number of hydrogen-bond acceptors (Lipinski definition) is 2. The minimum Gasteiger partial charge on any atom is -0.506 e. The zero-order valence-electron chi connectivity index (χ0n) is 16.7. The number of phenols is 1. The van der Waals surface area contributed by atoms with Crippen LogP contribution in [0.15, 0.2) is 53.6 Å². The van der Waals surface area contributed by atoms with Gasteiger partial charge in [0, 0.05) is 5.57 Å². The second kappa shape index (κ2) is 9.80. The average Bonchev–Trinajstić information content (AvgIpc) is 2.99. The van der Waals surface area contributed by atoms with Crippen LogP contribution in [0.4, 0.5) is 0 Å². The van der Waals surface area contributed by atoms with E-state index in [0.717, 1.165) is 29.5 Å². The molecular weight excluding hydrogens is 384 g/mol. The predicted molar refractivity (Wildman–Crippen MR) is 119 cm³/mol. The van der Waals surface area contributed by atoms with Crippen molar-refractivity contribution in [3.8, 4) is 5.75 Å². The Morgan fingerprint density at radius 3 is 2.17 bits per heavy atom. The maximum absolute atomic E-state index is 11.3. The number of carboxylic acid groups (broad SMARTS) is 1. The van der Waals surface area contributed by atoms with Crippen LogP contribution in [0.3, 0.4) is 0 Å². The lowest BCUT2D eigenvalue weighted by Gasteiger charge is -2.16. The Bertz CT molecular complexity index is 929. The standard InChI is InChI=1S/C25H27ClO3/c1-2-18(25(28)29)15-17-9-11-20(12-10-17)24(19-7-5-3-4-6-8-19)21-13-14-23(27)22(26)16-21/h9-16,27H,2-8H2,1H3,(H,28,29). The molecule has 0 unspecified atom stereocenters. The first kappa shape index (κ1) is 21.2. The number of aromatic hydroxyl groups is 1. The fourth-order valence-corrected chi connectivity index (χ4v) is 4.09. The summed E-state index contributed by atoms with van der Waals surface area (Å²) in [5.74, 6) is -0.793. The van der Waals surface area contributed by atoms with Crippen LogP contribution in [0.1, 0.15) is 68.6 Å². The Hall–Kier alpha value is -2.52. The lowest BCUT2D eigenvalue weighted by atomic mass is 9.89. The summed E-state index contributed by atoms with van der Waals surface area (Å²) >= 11 is 6.21. The monoisotopic (exact) mass is 410 g/mol. The molecule has 3 nitrogen and oxygen atoms in total. The van der Waals surface area contributed by atoms with Crippen molar-refractivity contribution < 1.29 is 15.0 Å². The highest BCUT2D eigenvalue weighted by Gasteiger charge is 2.15. The SMILES string of the molecule is CCC(=Cc1ccc(C(=C2CCCCCC2)c2ccc(O)c(Cl)c2)cc1)C(=O)O. The zero-order chi connectivity index (χ0) is 20.8. The highest BCUT2D eigenvalue weighted by atomic mass is 35.5. The van der Waals surface area contributed by atoms with Gasteiger partial charge in [-0.3, -0.25) is 0 Å². The van der Waals surface area contributed by atoms with E-state index >= 15 is 0 Å². The number of aliphatic carboxylic acids is 1. The molecule has 2 aromatic carbocycles. The molecule has 1 aliphatic rings. The van der Waals surface area contributed by atoms with Crippen molar-refractivity contribution in [3.63, 3.8) is 0 Å². The van der Waals surface area contributed by atoms with Crippen LogP contribution in [-0.2, 0) is 4.79 Å². The van der Waals surface area contributed by atoms with Crippen LogP contribution in [0.25, 0.3) is 11.6 Å². The normalized spacial score (nSPS) is 15.1. The second-order valence-corrected chi connectivity index (χ2v) is 7.92. The predicted octanol–water partition coefficient (Wildman–Crippen LogP) is 7.08. The summed E-state index contributed by atoms with van der Waals surface area (Å²) in [5, 5.41) is 19.4. The van der Waals surface area contributed by atoms with Crippen LogP contribution in [-0.4, -0.2) is 16.2 Å². The van der Waals surface area contributed by atoms with Crippen LogP contribution in [0.5, 0.6) is 5.75 Å². The summed E-state index contributed by atoms with van der Waals surface area (Å²) in [7, 11) is 0. The van der Waals surface area contributed by atoms with Crippen molar-refractivity contribution in [2.24, 2.45) is 0 Å². The summed E-state index contributed by atoms with van der Waals surface area (Å²) < 4.78 is 0. The molecule has 4 heteroatoms. The lowest BCUT2D eigenvalue weighted by molar-refractivity contribution is -0.132. The third-order valence-electron chi connectivity index (χ3n) is 5.49. The number of carboxylic acids is 1. The minimum atomic E-state index is -0.878. The number of allylic oxidation sites excluding steroid dienone is 1. The lowest BCUT2D eigenvalue weighted by Crippen LogP contribution is -1.99. The zero-order valence-corrected chi connectivity index (χ0v) is 17.5. The third kappa shape index (κ3) is 5.30. The summed E-state index contributed by atoms with van der Waals surface area (Å²) in [6, 6.07) is 13.4. The molecule has 0 aromatic heterocycles. The molecule has 0 atom stereocenters. The molecule has 0 spiro atoms. The van der Waals surface area contributed by atoms with Gasteiger partial charge in [0.05, 0.1) is 5.02 Å². The van der Waals surface area contributed by atoms with Gasteiger partial charge in [0.1, 0.15) is 5.75 Å². The molecule has 29 heavy (non-hydrogen) atoms. The van der Waals surface area contributed by atoms with Gasteiger partial charge in [-0.2, -0.15) is 0 Å². The van der Waals surface area contributed by atoms with E-state index in [0.29, 0.717) is 17.0 Å². The molecule has 2 N–H and O–H groups in total. The number of rotatable bonds is 5. The van der Waals surface area contributed by atoms with E-state index in [1.807, 2.05) is 31.2 Å². The number of phenolic OH excluding ortho intramolecular Hbond substituents is 1. The van der Waals surface area contributed by atoms with Gasteiger partial charge in [0.15, 0.2) is 0 Å². The smallest absolute Gasteiger partial charge is 0.331 e. The molecule has 0 saturated heterocycles. The quantitative estimate of drug-likeness (QED) is 0.409. The van der Waals surface area contributed by atoms with E-state index in [1.54, 1.807) is 12.1 Å². The van der Waals surface area contributed by atoms with Gasteiger partial charge in [0.2, 0.25) is 0 Å². The number of hydrogen-bond donors (Lipinski definition) is 2. The van der Waals surface area contributed by atoms with Gasteiger partial charge in [-0.1, -0.05) is 67.3 Å². The molecule has 2 aromatic rings. The summed E-state index contributed by atoms with van der Waals surface area (Å²) in [4.78, 5) is 11.3. The van der Waals surface area contributed by atoms with Gasteiger partial charge < -0.3 is 10.2 Å². The maximum atomic E-state index is 11.3. The first-order chi connectivity index (χ1) is 14.0.